The van der Waals surface area contributed by atoms with Gasteiger partial charge in [-0.2, -0.15) is 0 Å². The smallest absolute Gasteiger partial charge is 0.312 e. The molecular formula is C20H29N3O3. The van der Waals surface area contributed by atoms with E-state index in [0.717, 1.165) is 36.8 Å². The van der Waals surface area contributed by atoms with Crippen molar-refractivity contribution in [3.63, 3.8) is 0 Å². The molecule has 0 spiro atoms. The molecule has 2 aliphatic heterocycles. The maximum atomic E-state index is 12.2. The van der Waals surface area contributed by atoms with E-state index >= 15 is 0 Å². The minimum absolute atomic E-state index is 0.0683. The van der Waals surface area contributed by atoms with Crippen molar-refractivity contribution < 1.29 is 14.7 Å². The summed E-state index contributed by atoms with van der Waals surface area (Å²) >= 11 is 0. The lowest BCUT2D eigenvalue weighted by Crippen LogP contribution is -2.42. The highest BCUT2D eigenvalue weighted by Gasteiger charge is 2.57. The van der Waals surface area contributed by atoms with Gasteiger partial charge in [0.25, 0.3) is 0 Å². The predicted octanol–water partition coefficient (Wildman–Crippen LogP) is 1.85. The number of rotatable bonds is 6. The average Bonchev–Trinajstić information content (AvgIpc) is 3.15. The summed E-state index contributed by atoms with van der Waals surface area (Å²) in [5, 5.41) is 10.0. The highest BCUT2D eigenvalue weighted by atomic mass is 16.4. The summed E-state index contributed by atoms with van der Waals surface area (Å²) in [7, 11) is 1.95. The van der Waals surface area contributed by atoms with Gasteiger partial charge in [0.05, 0.1) is 5.41 Å². The highest BCUT2D eigenvalue weighted by Crippen LogP contribution is 2.44. The molecule has 142 valence electrons. The molecule has 3 heterocycles. The SMILES string of the molecule is CC(=O)c1cc(CN2C[C@H]3CN(CC4CCC4)C[C@@]3(C(=O)O)C2)n(C)c1. The van der Waals surface area contributed by atoms with E-state index in [1.54, 1.807) is 6.92 Å². The largest absolute Gasteiger partial charge is 0.481 e. The number of aromatic nitrogens is 1. The maximum Gasteiger partial charge on any atom is 0.312 e. The van der Waals surface area contributed by atoms with Crippen molar-refractivity contribution in [1.82, 2.24) is 14.4 Å². The lowest BCUT2D eigenvalue weighted by atomic mass is 9.81. The summed E-state index contributed by atoms with van der Waals surface area (Å²) in [6, 6.07) is 1.94. The molecule has 26 heavy (non-hydrogen) atoms. The van der Waals surface area contributed by atoms with Crippen molar-refractivity contribution in [1.29, 1.82) is 0 Å². The summed E-state index contributed by atoms with van der Waals surface area (Å²) in [6.07, 6.45) is 5.80. The van der Waals surface area contributed by atoms with Crippen molar-refractivity contribution in [2.24, 2.45) is 24.3 Å². The molecule has 0 aromatic carbocycles. The van der Waals surface area contributed by atoms with Crippen molar-refractivity contribution in [2.75, 3.05) is 32.7 Å². The van der Waals surface area contributed by atoms with Crippen LogP contribution in [0.2, 0.25) is 0 Å². The van der Waals surface area contributed by atoms with Crippen LogP contribution < -0.4 is 0 Å². The normalized spacial score (nSPS) is 29.7. The van der Waals surface area contributed by atoms with Crippen molar-refractivity contribution in [3.8, 4) is 0 Å². The van der Waals surface area contributed by atoms with E-state index in [4.69, 9.17) is 0 Å². The van der Waals surface area contributed by atoms with E-state index in [1.807, 2.05) is 23.9 Å². The molecule has 6 heteroatoms. The molecule has 1 saturated carbocycles. The van der Waals surface area contributed by atoms with Crippen molar-refractivity contribution in [3.05, 3.63) is 23.5 Å². The van der Waals surface area contributed by atoms with Crippen LogP contribution in [0.15, 0.2) is 12.3 Å². The van der Waals surface area contributed by atoms with E-state index in [2.05, 4.69) is 9.80 Å². The number of ketones is 1. The number of hydrogen-bond donors (Lipinski definition) is 1. The van der Waals surface area contributed by atoms with E-state index in [0.29, 0.717) is 19.6 Å². The third kappa shape index (κ3) is 2.99. The Morgan fingerprint density at radius 2 is 1.92 bits per heavy atom. The monoisotopic (exact) mass is 359 g/mol. The van der Waals surface area contributed by atoms with Gasteiger partial charge >= 0.3 is 5.97 Å². The number of fused-ring (bicyclic) bond motifs is 1. The molecule has 6 nitrogen and oxygen atoms in total. The number of carboxylic acids is 1. The molecule has 0 bridgehead atoms. The topological polar surface area (TPSA) is 65.8 Å². The first-order valence-electron chi connectivity index (χ1n) is 9.71. The zero-order chi connectivity index (χ0) is 18.5. The number of Topliss-reactive ketones (excluding diaryl/α,β-unsaturated/α-hetero) is 1. The van der Waals surface area contributed by atoms with Gasteiger partial charge in [-0.25, -0.2) is 0 Å². The highest BCUT2D eigenvalue weighted by molar-refractivity contribution is 5.94. The van der Waals surface area contributed by atoms with Gasteiger partial charge in [0, 0.05) is 69.7 Å². The van der Waals surface area contributed by atoms with Crippen molar-refractivity contribution in [2.45, 2.75) is 32.7 Å². The fraction of sp³-hybridized carbons (Fsp3) is 0.700. The fourth-order valence-electron chi connectivity index (χ4n) is 5.06. The number of aryl methyl sites for hydroxylation is 1. The molecule has 4 rings (SSSR count). The summed E-state index contributed by atoms with van der Waals surface area (Å²) in [6.45, 7) is 6.39. The molecule has 2 atom stereocenters. The van der Waals surface area contributed by atoms with E-state index in [9.17, 15) is 14.7 Å². The van der Waals surface area contributed by atoms with Crippen LogP contribution in [0.25, 0.3) is 0 Å². The van der Waals surface area contributed by atoms with Gasteiger partial charge < -0.3 is 14.6 Å². The molecule has 0 unspecified atom stereocenters. The molecule has 0 amide bonds. The Morgan fingerprint density at radius 1 is 1.23 bits per heavy atom. The Balaban J connectivity index is 1.44. The summed E-state index contributed by atoms with van der Waals surface area (Å²) in [4.78, 5) is 28.4. The van der Waals surface area contributed by atoms with Crippen LogP contribution in [-0.4, -0.2) is 63.9 Å². The Morgan fingerprint density at radius 3 is 2.46 bits per heavy atom. The number of carboxylic acid groups (broad SMARTS) is 1. The second kappa shape index (κ2) is 6.50. The van der Waals surface area contributed by atoms with Crippen LogP contribution in [0.3, 0.4) is 0 Å². The van der Waals surface area contributed by atoms with Crippen LogP contribution in [0.1, 0.15) is 42.2 Å². The van der Waals surface area contributed by atoms with Gasteiger partial charge in [-0.3, -0.25) is 14.5 Å². The third-order valence-corrected chi connectivity index (χ3v) is 6.82. The molecule has 1 aliphatic carbocycles. The van der Waals surface area contributed by atoms with E-state index < -0.39 is 11.4 Å². The molecular weight excluding hydrogens is 330 g/mol. The van der Waals surface area contributed by atoms with Crippen LogP contribution in [0, 0.1) is 17.3 Å². The first kappa shape index (κ1) is 17.7. The molecule has 0 radical (unpaired) electrons. The van der Waals surface area contributed by atoms with Crippen LogP contribution in [-0.2, 0) is 18.4 Å². The number of hydrogen-bond acceptors (Lipinski definition) is 4. The summed E-state index contributed by atoms with van der Waals surface area (Å²) < 4.78 is 1.99. The quantitative estimate of drug-likeness (QED) is 0.785. The van der Waals surface area contributed by atoms with Gasteiger partial charge in [0.15, 0.2) is 5.78 Å². The minimum atomic E-state index is -0.641. The van der Waals surface area contributed by atoms with Crippen molar-refractivity contribution >= 4 is 11.8 Å². The lowest BCUT2D eigenvalue weighted by molar-refractivity contribution is -0.149. The number of carbonyl (C=O) groups is 2. The number of aliphatic carboxylic acids is 1. The Bertz CT molecular complexity index is 724. The molecule has 1 aromatic heterocycles. The van der Waals surface area contributed by atoms with Gasteiger partial charge in [-0.05, 0) is 31.7 Å². The lowest BCUT2D eigenvalue weighted by Gasteiger charge is -2.31. The first-order chi connectivity index (χ1) is 12.4. The molecule has 3 aliphatic rings. The minimum Gasteiger partial charge on any atom is -0.481 e. The predicted molar refractivity (Wildman–Crippen MR) is 98.0 cm³/mol. The first-order valence-corrected chi connectivity index (χ1v) is 9.71. The van der Waals surface area contributed by atoms with Crippen LogP contribution in [0.4, 0.5) is 0 Å². The molecule has 1 aromatic rings. The third-order valence-electron chi connectivity index (χ3n) is 6.82. The second-order valence-corrected chi connectivity index (χ2v) is 8.71. The Labute approximate surface area is 154 Å². The maximum absolute atomic E-state index is 12.2. The summed E-state index contributed by atoms with van der Waals surface area (Å²) in [5.74, 6) is 0.410. The van der Waals surface area contributed by atoms with Gasteiger partial charge in [-0.15, -0.1) is 0 Å². The molecule has 2 saturated heterocycles. The van der Waals surface area contributed by atoms with Gasteiger partial charge in [0.1, 0.15) is 0 Å². The standard InChI is InChI=1S/C20H29N3O3/c1-14(24)16-6-18(21(2)8-16)11-23-10-17-9-22(7-15-4-3-5-15)12-20(17,13-23)19(25)26/h6,8,15,17H,3-5,7,9-13H2,1-2H3,(H,25,26)/t17-,20-/m1/s1. The number of carbonyl (C=O) groups excluding carboxylic acids is 1. The molecule has 3 fully saturated rings. The van der Waals surface area contributed by atoms with E-state index in [1.165, 1.54) is 19.3 Å². The van der Waals surface area contributed by atoms with E-state index in [-0.39, 0.29) is 11.7 Å². The Hall–Kier alpha value is -1.66. The number of likely N-dealkylation sites (tertiary alicyclic amines) is 2. The zero-order valence-corrected chi connectivity index (χ0v) is 15.8. The fourth-order valence-corrected chi connectivity index (χ4v) is 5.06. The Kier molecular flexibility index (Phi) is 4.43. The summed E-state index contributed by atoms with van der Waals surface area (Å²) in [5.41, 5.74) is 1.17. The van der Waals surface area contributed by atoms with Gasteiger partial charge in [-0.1, -0.05) is 6.42 Å². The average molecular weight is 359 g/mol. The second-order valence-electron chi connectivity index (χ2n) is 8.71. The van der Waals surface area contributed by atoms with Crippen LogP contribution in [0.5, 0.6) is 0 Å². The zero-order valence-electron chi connectivity index (χ0n) is 15.8. The van der Waals surface area contributed by atoms with Gasteiger partial charge in [0.2, 0.25) is 0 Å². The van der Waals surface area contributed by atoms with Crippen LogP contribution >= 0.6 is 0 Å². The molecule has 1 N–H and O–H groups in total. The number of nitrogens with zero attached hydrogens (tertiary/aromatic N) is 3.